The van der Waals surface area contributed by atoms with Gasteiger partial charge in [-0.25, -0.2) is 0 Å². The number of thioether (sulfide) groups is 1. The number of hydrogen-bond acceptors (Lipinski definition) is 5. The van der Waals surface area contributed by atoms with Gasteiger partial charge in [0.2, 0.25) is 0 Å². The molecule has 0 aliphatic carbocycles. The fraction of sp³-hybridized carbons (Fsp3) is 0.947. The molecule has 0 aromatic carbocycles. The van der Waals surface area contributed by atoms with Crippen molar-refractivity contribution < 1.29 is 9.47 Å². The van der Waals surface area contributed by atoms with Crippen molar-refractivity contribution in [2.75, 3.05) is 65.4 Å². The molecule has 0 aromatic rings. The minimum atomic E-state index is 0. The van der Waals surface area contributed by atoms with E-state index < -0.39 is 0 Å². The normalized spacial score (nSPS) is 22.2. The fourth-order valence-electron chi connectivity index (χ4n) is 3.63. The number of aliphatic imine (C=N–C) groups is 1. The molecule has 1 atom stereocenters. The summed E-state index contributed by atoms with van der Waals surface area (Å²) in [6.45, 7) is 14.8. The first kappa shape index (κ1) is 25.3. The van der Waals surface area contributed by atoms with Gasteiger partial charge in [0.25, 0.3) is 0 Å². The largest absolute Gasteiger partial charge is 0.381 e. The highest BCUT2D eigenvalue weighted by atomic mass is 127. The Morgan fingerprint density at radius 3 is 2.30 bits per heavy atom. The Morgan fingerprint density at radius 2 is 1.74 bits per heavy atom. The summed E-state index contributed by atoms with van der Waals surface area (Å²) in [7, 11) is 0. The number of guanidine groups is 1. The van der Waals surface area contributed by atoms with E-state index in [0.717, 1.165) is 78.0 Å². The zero-order chi connectivity index (χ0) is 18.8. The average molecular weight is 515 g/mol. The minimum absolute atomic E-state index is 0. The van der Waals surface area contributed by atoms with E-state index >= 15 is 0 Å². The molecule has 0 spiro atoms. The van der Waals surface area contributed by atoms with Crippen LogP contribution in [0.2, 0.25) is 0 Å². The second-order valence-electron chi connectivity index (χ2n) is 7.54. The van der Waals surface area contributed by atoms with Crippen LogP contribution in [0.15, 0.2) is 4.99 Å². The summed E-state index contributed by atoms with van der Waals surface area (Å²) in [6.07, 6.45) is 4.37. The monoisotopic (exact) mass is 514 g/mol. The lowest BCUT2D eigenvalue weighted by Gasteiger charge is -2.37. The van der Waals surface area contributed by atoms with Gasteiger partial charge in [0.05, 0.1) is 19.8 Å². The van der Waals surface area contributed by atoms with Gasteiger partial charge in [-0.2, -0.15) is 11.8 Å². The summed E-state index contributed by atoms with van der Waals surface area (Å²) in [5.41, 5.74) is 0. The molecule has 0 radical (unpaired) electrons. The molecule has 160 valence electrons. The average Bonchev–Trinajstić information content (AvgIpc) is 2.67. The molecule has 8 heteroatoms. The van der Waals surface area contributed by atoms with E-state index in [1.165, 1.54) is 0 Å². The zero-order valence-corrected chi connectivity index (χ0v) is 20.6. The second kappa shape index (κ2) is 13.5. The Kier molecular flexibility index (Phi) is 12.6. The van der Waals surface area contributed by atoms with Crippen LogP contribution in [-0.4, -0.2) is 87.1 Å². The molecular weight excluding hydrogens is 475 g/mol. The van der Waals surface area contributed by atoms with Crippen molar-refractivity contribution in [3.05, 3.63) is 0 Å². The third-order valence-corrected chi connectivity index (χ3v) is 6.87. The van der Waals surface area contributed by atoms with Crippen molar-refractivity contribution in [3.63, 3.8) is 0 Å². The van der Waals surface area contributed by atoms with E-state index in [9.17, 15) is 0 Å². The summed E-state index contributed by atoms with van der Waals surface area (Å²) in [4.78, 5) is 7.48. The van der Waals surface area contributed by atoms with Crippen molar-refractivity contribution in [1.29, 1.82) is 0 Å². The molecule has 1 unspecified atom stereocenters. The van der Waals surface area contributed by atoms with Gasteiger partial charge in [-0.3, -0.25) is 9.89 Å². The SMILES string of the molecule is CCNC(=NCC1(SC)CCOCC1)NCC(C(C)C)N1CCOCC1.I. The highest BCUT2D eigenvalue weighted by molar-refractivity contribution is 14.0. The molecule has 6 nitrogen and oxygen atoms in total. The van der Waals surface area contributed by atoms with Crippen LogP contribution >= 0.6 is 35.7 Å². The standard InChI is InChI=1S/C19H38N4O2S.HI/c1-5-20-18(22-15-19(26-4)6-10-24-11-7-19)21-14-17(16(2)3)23-8-12-25-13-9-23;/h16-17H,5-15H2,1-4H3,(H2,20,21,22);1H. The maximum absolute atomic E-state index is 5.54. The number of halogens is 1. The summed E-state index contributed by atoms with van der Waals surface area (Å²) < 4.78 is 11.3. The van der Waals surface area contributed by atoms with Crippen LogP contribution in [0, 0.1) is 5.92 Å². The van der Waals surface area contributed by atoms with Gasteiger partial charge < -0.3 is 20.1 Å². The maximum atomic E-state index is 5.54. The molecular formula is C19H39IN4O2S. The zero-order valence-electron chi connectivity index (χ0n) is 17.5. The van der Waals surface area contributed by atoms with Gasteiger partial charge in [-0.15, -0.1) is 24.0 Å². The smallest absolute Gasteiger partial charge is 0.191 e. The topological polar surface area (TPSA) is 58.1 Å². The Labute approximate surface area is 187 Å². The number of ether oxygens (including phenoxy) is 2. The van der Waals surface area contributed by atoms with Crippen LogP contribution < -0.4 is 10.6 Å². The van der Waals surface area contributed by atoms with E-state index in [2.05, 4.69) is 42.6 Å². The van der Waals surface area contributed by atoms with Crippen molar-refractivity contribution >= 4 is 41.7 Å². The predicted molar refractivity (Wildman–Crippen MR) is 127 cm³/mol. The van der Waals surface area contributed by atoms with Crippen molar-refractivity contribution in [2.24, 2.45) is 10.9 Å². The minimum Gasteiger partial charge on any atom is -0.381 e. The van der Waals surface area contributed by atoms with Crippen LogP contribution in [0.4, 0.5) is 0 Å². The maximum Gasteiger partial charge on any atom is 0.191 e. The Balaban J connectivity index is 0.00000364. The Hall–Kier alpha value is 0.230. The third kappa shape index (κ3) is 8.24. The molecule has 2 saturated heterocycles. The molecule has 0 bridgehead atoms. The molecule has 0 amide bonds. The highest BCUT2D eigenvalue weighted by Crippen LogP contribution is 2.33. The first-order valence-corrected chi connectivity index (χ1v) is 11.3. The van der Waals surface area contributed by atoms with Gasteiger partial charge in [-0.1, -0.05) is 13.8 Å². The van der Waals surface area contributed by atoms with Gasteiger partial charge in [0.1, 0.15) is 0 Å². The lowest BCUT2D eigenvalue weighted by molar-refractivity contribution is 0.00752. The molecule has 0 saturated carbocycles. The van der Waals surface area contributed by atoms with Crippen LogP contribution in [-0.2, 0) is 9.47 Å². The van der Waals surface area contributed by atoms with Crippen LogP contribution in [0.25, 0.3) is 0 Å². The summed E-state index contributed by atoms with van der Waals surface area (Å²) >= 11 is 1.94. The Morgan fingerprint density at radius 1 is 1.11 bits per heavy atom. The van der Waals surface area contributed by atoms with Crippen molar-refractivity contribution in [3.8, 4) is 0 Å². The van der Waals surface area contributed by atoms with Gasteiger partial charge in [-0.05, 0) is 31.9 Å². The summed E-state index contributed by atoms with van der Waals surface area (Å²) in [6, 6.07) is 0.500. The third-order valence-electron chi connectivity index (χ3n) is 5.47. The molecule has 2 aliphatic heterocycles. The van der Waals surface area contributed by atoms with E-state index in [-0.39, 0.29) is 28.7 Å². The molecule has 2 fully saturated rings. The lowest BCUT2D eigenvalue weighted by atomic mass is 9.99. The van der Waals surface area contributed by atoms with Crippen molar-refractivity contribution in [2.45, 2.75) is 44.4 Å². The first-order valence-electron chi connectivity index (χ1n) is 10.1. The van der Waals surface area contributed by atoms with Crippen LogP contribution in [0.1, 0.15) is 33.6 Å². The lowest BCUT2D eigenvalue weighted by Crippen LogP contribution is -2.52. The number of nitrogens with zero attached hydrogens (tertiary/aromatic N) is 2. The summed E-state index contributed by atoms with van der Waals surface area (Å²) in [5, 5.41) is 7.01. The predicted octanol–water partition coefficient (Wildman–Crippen LogP) is 2.43. The van der Waals surface area contributed by atoms with Gasteiger partial charge >= 0.3 is 0 Å². The first-order chi connectivity index (χ1) is 12.6. The number of nitrogens with one attached hydrogen (secondary N) is 2. The van der Waals surface area contributed by atoms with Crippen LogP contribution in [0.3, 0.4) is 0 Å². The van der Waals surface area contributed by atoms with E-state index in [1.54, 1.807) is 0 Å². The van der Waals surface area contributed by atoms with Gasteiger partial charge in [0, 0.05) is 50.2 Å². The number of hydrogen-bond donors (Lipinski definition) is 2. The quantitative estimate of drug-likeness (QED) is 0.295. The second-order valence-corrected chi connectivity index (χ2v) is 8.81. The van der Waals surface area contributed by atoms with Gasteiger partial charge in [0.15, 0.2) is 5.96 Å². The molecule has 2 heterocycles. The number of morpholine rings is 1. The van der Waals surface area contributed by atoms with Crippen molar-refractivity contribution in [1.82, 2.24) is 15.5 Å². The fourth-order valence-corrected chi connectivity index (χ4v) is 4.40. The van der Waals surface area contributed by atoms with E-state index in [1.807, 2.05) is 11.8 Å². The molecule has 2 N–H and O–H groups in total. The number of rotatable bonds is 8. The molecule has 0 aromatic heterocycles. The van der Waals surface area contributed by atoms with E-state index in [0.29, 0.717) is 12.0 Å². The Bertz CT molecular complexity index is 428. The molecule has 27 heavy (non-hydrogen) atoms. The van der Waals surface area contributed by atoms with Crippen LogP contribution in [0.5, 0.6) is 0 Å². The molecule has 2 aliphatic rings. The highest BCUT2D eigenvalue weighted by Gasteiger charge is 2.31. The summed E-state index contributed by atoms with van der Waals surface area (Å²) in [5.74, 6) is 1.53. The van der Waals surface area contributed by atoms with E-state index in [4.69, 9.17) is 14.5 Å². The molecule has 2 rings (SSSR count).